The Morgan fingerprint density at radius 2 is 2.05 bits per heavy atom. The molecule has 0 N–H and O–H groups in total. The smallest absolute Gasteiger partial charge is 0.0958 e. The van der Waals surface area contributed by atoms with E-state index in [0.717, 1.165) is 36.0 Å². The van der Waals surface area contributed by atoms with Crippen LogP contribution in [0, 0.1) is 40.4 Å². The summed E-state index contributed by atoms with van der Waals surface area (Å²) in [5.41, 5.74) is 2.73. The average molecular weight is 298 g/mol. The van der Waals surface area contributed by atoms with Gasteiger partial charge in [0.25, 0.3) is 0 Å². The molecule has 1 heteroatoms. The fraction of sp³-hybridized carbons (Fsp3) is 0.810. The minimum absolute atomic E-state index is 0.430. The fourth-order valence-electron chi connectivity index (χ4n) is 7.41. The van der Waals surface area contributed by atoms with Crippen molar-refractivity contribution in [1.29, 1.82) is 0 Å². The fourth-order valence-corrected chi connectivity index (χ4v) is 7.41. The van der Waals surface area contributed by atoms with Gasteiger partial charge in [0.15, 0.2) is 0 Å². The quantitative estimate of drug-likeness (QED) is 0.635. The summed E-state index contributed by atoms with van der Waals surface area (Å²) in [4.78, 5) is 0. The first kappa shape index (κ1) is 13.7. The lowest BCUT2D eigenvalue weighted by Gasteiger charge is -2.57. The van der Waals surface area contributed by atoms with Gasteiger partial charge in [-0.2, -0.15) is 0 Å². The van der Waals surface area contributed by atoms with Crippen LogP contribution in [-0.4, -0.2) is 7.11 Å². The van der Waals surface area contributed by atoms with Crippen LogP contribution in [0.4, 0.5) is 0 Å². The van der Waals surface area contributed by atoms with Gasteiger partial charge in [-0.15, -0.1) is 0 Å². The maximum Gasteiger partial charge on any atom is 0.0958 e. The molecule has 7 atom stereocenters. The van der Waals surface area contributed by atoms with Crippen molar-refractivity contribution in [2.45, 2.75) is 58.8 Å². The third-order valence-electron chi connectivity index (χ3n) is 8.53. The molecule has 0 heterocycles. The minimum atomic E-state index is 0.430. The van der Waals surface area contributed by atoms with E-state index in [0.29, 0.717) is 10.8 Å². The molecule has 0 amide bonds. The van der Waals surface area contributed by atoms with Crippen molar-refractivity contribution in [3.8, 4) is 0 Å². The predicted molar refractivity (Wildman–Crippen MR) is 89.2 cm³/mol. The summed E-state index contributed by atoms with van der Waals surface area (Å²) in [5, 5.41) is 0. The zero-order valence-electron chi connectivity index (χ0n) is 14.4. The number of fused-ring (bicyclic) bond motifs is 7. The van der Waals surface area contributed by atoms with Gasteiger partial charge in [0, 0.05) is 6.42 Å². The van der Waals surface area contributed by atoms with Crippen LogP contribution in [0.15, 0.2) is 23.5 Å². The molecule has 0 spiro atoms. The van der Waals surface area contributed by atoms with Crippen molar-refractivity contribution in [3.05, 3.63) is 23.5 Å². The minimum Gasteiger partial charge on any atom is -0.501 e. The van der Waals surface area contributed by atoms with Gasteiger partial charge in [0.2, 0.25) is 0 Å². The lowest BCUT2D eigenvalue weighted by atomic mass is 9.48. The highest BCUT2D eigenvalue weighted by Gasteiger charge is 2.65. The Labute approximate surface area is 135 Å². The normalized spacial score (nSPS) is 55.1. The maximum absolute atomic E-state index is 5.55. The van der Waals surface area contributed by atoms with Crippen molar-refractivity contribution in [2.24, 2.45) is 40.4 Å². The maximum atomic E-state index is 5.55. The molecule has 22 heavy (non-hydrogen) atoms. The Kier molecular flexibility index (Phi) is 2.63. The molecule has 3 saturated carbocycles. The van der Waals surface area contributed by atoms with Crippen molar-refractivity contribution in [2.75, 3.05) is 7.11 Å². The second-order valence-electron chi connectivity index (χ2n) is 9.48. The number of hydrogen-bond donors (Lipinski definition) is 0. The summed E-state index contributed by atoms with van der Waals surface area (Å²) < 4.78 is 5.55. The third-order valence-corrected chi connectivity index (χ3v) is 8.53. The van der Waals surface area contributed by atoms with E-state index in [1.807, 2.05) is 7.11 Å². The first-order valence-corrected chi connectivity index (χ1v) is 9.50. The molecule has 0 unspecified atom stereocenters. The Balaban J connectivity index is 1.53. The SMILES string of the molecule is COC1=CC2=CC[C@H]3[C@@H]4[C@@H]5C[C@@H]5C[C@@]4(C)CC[C@@H]3[C@@]2(C)CC1. The van der Waals surface area contributed by atoms with E-state index in [4.69, 9.17) is 4.74 Å². The van der Waals surface area contributed by atoms with Gasteiger partial charge >= 0.3 is 0 Å². The van der Waals surface area contributed by atoms with Crippen LogP contribution in [0.1, 0.15) is 58.8 Å². The Morgan fingerprint density at radius 3 is 2.86 bits per heavy atom. The van der Waals surface area contributed by atoms with Crippen LogP contribution < -0.4 is 0 Å². The molecular formula is C21H30O. The van der Waals surface area contributed by atoms with E-state index in [2.05, 4.69) is 26.0 Å². The van der Waals surface area contributed by atoms with Crippen molar-refractivity contribution in [3.63, 3.8) is 0 Å². The molecule has 5 aliphatic rings. The van der Waals surface area contributed by atoms with Gasteiger partial charge in [0.05, 0.1) is 12.9 Å². The number of allylic oxidation sites excluding steroid dienone is 4. The van der Waals surface area contributed by atoms with Gasteiger partial charge in [-0.3, -0.25) is 0 Å². The second kappa shape index (κ2) is 4.22. The number of hydrogen-bond acceptors (Lipinski definition) is 1. The van der Waals surface area contributed by atoms with Gasteiger partial charge in [-0.1, -0.05) is 19.9 Å². The number of rotatable bonds is 1. The van der Waals surface area contributed by atoms with E-state index < -0.39 is 0 Å². The van der Waals surface area contributed by atoms with Crippen LogP contribution in [0.2, 0.25) is 0 Å². The molecule has 1 nitrogen and oxygen atoms in total. The Hall–Kier alpha value is -0.720. The molecule has 0 bridgehead atoms. The van der Waals surface area contributed by atoms with Crippen molar-refractivity contribution >= 4 is 0 Å². The van der Waals surface area contributed by atoms with Gasteiger partial charge in [-0.25, -0.2) is 0 Å². The van der Waals surface area contributed by atoms with E-state index in [-0.39, 0.29) is 0 Å². The monoisotopic (exact) mass is 298 g/mol. The third kappa shape index (κ3) is 1.61. The summed E-state index contributed by atoms with van der Waals surface area (Å²) >= 11 is 0. The van der Waals surface area contributed by atoms with E-state index in [1.54, 1.807) is 18.4 Å². The second-order valence-corrected chi connectivity index (χ2v) is 9.48. The van der Waals surface area contributed by atoms with Gasteiger partial charge in [0.1, 0.15) is 0 Å². The molecule has 5 aliphatic carbocycles. The molecule has 0 aromatic rings. The van der Waals surface area contributed by atoms with Crippen molar-refractivity contribution < 1.29 is 4.74 Å². The zero-order chi connectivity index (χ0) is 15.1. The molecule has 0 aliphatic heterocycles. The molecule has 5 rings (SSSR count). The van der Waals surface area contributed by atoms with Crippen molar-refractivity contribution in [1.82, 2.24) is 0 Å². The first-order valence-electron chi connectivity index (χ1n) is 9.50. The highest BCUT2D eigenvalue weighted by atomic mass is 16.5. The standard InChI is InChI=1S/C21H30O/c1-20-8-7-18-16(19(20)17-10-13(17)12-20)5-4-14-11-15(22-3)6-9-21(14,18)2/h4,11,13,16-19H,5-10,12H2,1-3H3/t13-,16-,17-,18+,19-,20-,21+/m1/s1. The molecule has 3 fully saturated rings. The lowest BCUT2D eigenvalue weighted by Crippen LogP contribution is -2.49. The largest absolute Gasteiger partial charge is 0.501 e. The molecule has 120 valence electrons. The number of ether oxygens (including phenoxy) is 1. The van der Waals surface area contributed by atoms with E-state index >= 15 is 0 Å². The summed E-state index contributed by atoms with van der Waals surface area (Å²) in [6, 6.07) is 0. The highest BCUT2D eigenvalue weighted by Crippen LogP contribution is 2.73. The van der Waals surface area contributed by atoms with Gasteiger partial charge < -0.3 is 4.74 Å². The van der Waals surface area contributed by atoms with Crippen LogP contribution >= 0.6 is 0 Å². The van der Waals surface area contributed by atoms with Gasteiger partial charge in [-0.05, 0) is 90.6 Å². The lowest BCUT2D eigenvalue weighted by molar-refractivity contribution is -0.0335. The average Bonchev–Trinajstić information content (AvgIpc) is 3.17. The Bertz CT molecular complexity index is 572. The Morgan fingerprint density at radius 1 is 1.18 bits per heavy atom. The van der Waals surface area contributed by atoms with Crippen LogP contribution in [0.25, 0.3) is 0 Å². The van der Waals surface area contributed by atoms with Crippen LogP contribution in [0.3, 0.4) is 0 Å². The van der Waals surface area contributed by atoms with E-state index in [1.165, 1.54) is 31.4 Å². The molecule has 0 saturated heterocycles. The first-order chi connectivity index (χ1) is 10.5. The van der Waals surface area contributed by atoms with E-state index in [9.17, 15) is 0 Å². The molecule has 0 radical (unpaired) electrons. The molecular weight excluding hydrogens is 268 g/mol. The number of methoxy groups -OCH3 is 1. The zero-order valence-corrected chi connectivity index (χ0v) is 14.4. The molecule has 0 aromatic carbocycles. The van der Waals surface area contributed by atoms with Crippen LogP contribution in [-0.2, 0) is 4.74 Å². The highest BCUT2D eigenvalue weighted by molar-refractivity contribution is 5.36. The summed E-state index contributed by atoms with van der Waals surface area (Å²) in [6.45, 7) is 5.20. The summed E-state index contributed by atoms with van der Waals surface area (Å²) in [5.74, 6) is 6.36. The summed E-state index contributed by atoms with van der Waals surface area (Å²) in [6.07, 6.45) is 14.8. The summed E-state index contributed by atoms with van der Waals surface area (Å²) in [7, 11) is 1.83. The molecule has 0 aromatic heterocycles. The topological polar surface area (TPSA) is 9.23 Å². The predicted octanol–water partition coefficient (Wildman–Crippen LogP) is 5.34. The van der Waals surface area contributed by atoms with Crippen LogP contribution in [0.5, 0.6) is 0 Å².